The molecule has 1 saturated heterocycles. The van der Waals surface area contributed by atoms with Gasteiger partial charge in [0, 0.05) is 29.9 Å². The maximum absolute atomic E-state index is 14.3. The monoisotopic (exact) mass is 278 g/mol. The van der Waals surface area contributed by atoms with Crippen LogP contribution in [0.15, 0.2) is 18.2 Å². The second-order valence-electron chi connectivity index (χ2n) is 6.01. The predicted octanol–water partition coefficient (Wildman–Crippen LogP) is 4.12. The fourth-order valence-electron chi connectivity index (χ4n) is 3.29. The molecule has 20 heavy (non-hydrogen) atoms. The number of nitrogens with one attached hydrogen (secondary N) is 1. The molecule has 2 nitrogen and oxygen atoms in total. The highest BCUT2D eigenvalue weighted by molar-refractivity contribution is 5.56. The first kappa shape index (κ1) is 15.3. The van der Waals surface area contributed by atoms with E-state index in [1.54, 1.807) is 6.07 Å². The van der Waals surface area contributed by atoms with Crippen molar-refractivity contribution in [2.24, 2.45) is 5.92 Å². The van der Waals surface area contributed by atoms with E-state index in [1.165, 1.54) is 12.8 Å². The van der Waals surface area contributed by atoms with Crippen molar-refractivity contribution in [3.05, 3.63) is 29.6 Å². The van der Waals surface area contributed by atoms with Gasteiger partial charge in [0.1, 0.15) is 5.82 Å². The first-order valence-corrected chi connectivity index (χ1v) is 7.84. The summed E-state index contributed by atoms with van der Waals surface area (Å²) in [6.45, 7) is 10.5. The van der Waals surface area contributed by atoms with Crippen LogP contribution in [0.4, 0.5) is 10.1 Å². The third-order valence-corrected chi connectivity index (χ3v) is 4.66. The van der Waals surface area contributed by atoms with Crippen LogP contribution in [0.1, 0.15) is 52.1 Å². The van der Waals surface area contributed by atoms with Crippen molar-refractivity contribution in [2.75, 3.05) is 18.0 Å². The Morgan fingerprint density at radius 3 is 2.85 bits per heavy atom. The summed E-state index contributed by atoms with van der Waals surface area (Å²) in [5.41, 5.74) is 1.88. The van der Waals surface area contributed by atoms with Gasteiger partial charge in [-0.25, -0.2) is 4.39 Å². The molecule has 0 spiro atoms. The number of hydrogen-bond donors (Lipinski definition) is 1. The largest absolute Gasteiger partial charge is 0.368 e. The first-order valence-electron chi connectivity index (χ1n) is 7.84. The van der Waals surface area contributed by atoms with E-state index in [-0.39, 0.29) is 11.9 Å². The number of halogens is 1. The second kappa shape index (κ2) is 6.57. The minimum Gasteiger partial charge on any atom is -0.368 e. The maximum atomic E-state index is 14.3. The zero-order valence-corrected chi connectivity index (χ0v) is 13.1. The van der Waals surface area contributed by atoms with Gasteiger partial charge >= 0.3 is 0 Å². The molecule has 0 amide bonds. The summed E-state index contributed by atoms with van der Waals surface area (Å²) in [5, 5.41) is 3.34. The molecule has 1 heterocycles. The fourth-order valence-corrected chi connectivity index (χ4v) is 3.29. The lowest BCUT2D eigenvalue weighted by molar-refractivity contribution is 0.361. The van der Waals surface area contributed by atoms with Gasteiger partial charge in [-0.3, -0.25) is 0 Å². The van der Waals surface area contributed by atoms with Crippen LogP contribution in [0.5, 0.6) is 0 Å². The van der Waals surface area contributed by atoms with Crippen molar-refractivity contribution in [3.63, 3.8) is 0 Å². The summed E-state index contributed by atoms with van der Waals surface area (Å²) < 4.78 is 14.3. The van der Waals surface area contributed by atoms with Crippen LogP contribution in [0.2, 0.25) is 0 Å². The Hall–Kier alpha value is -1.09. The average Bonchev–Trinajstić information content (AvgIpc) is 2.42. The van der Waals surface area contributed by atoms with Crippen LogP contribution in [-0.4, -0.2) is 19.1 Å². The maximum Gasteiger partial charge on any atom is 0.130 e. The van der Waals surface area contributed by atoms with Crippen LogP contribution in [0.3, 0.4) is 0 Å². The molecule has 0 aromatic heterocycles. The van der Waals surface area contributed by atoms with E-state index >= 15 is 0 Å². The third kappa shape index (κ3) is 2.98. The minimum absolute atomic E-state index is 0.0423. The van der Waals surface area contributed by atoms with Crippen molar-refractivity contribution < 1.29 is 4.39 Å². The van der Waals surface area contributed by atoms with Gasteiger partial charge in [0.15, 0.2) is 0 Å². The molecule has 1 aromatic rings. The molecule has 1 aliphatic heterocycles. The average molecular weight is 278 g/mol. The number of anilines is 1. The van der Waals surface area contributed by atoms with E-state index in [9.17, 15) is 4.39 Å². The summed E-state index contributed by atoms with van der Waals surface area (Å²) >= 11 is 0. The summed E-state index contributed by atoms with van der Waals surface area (Å²) in [6, 6.07) is 5.99. The molecule has 0 radical (unpaired) electrons. The van der Waals surface area contributed by atoms with E-state index in [1.807, 2.05) is 13.0 Å². The molecule has 0 saturated carbocycles. The van der Waals surface area contributed by atoms with E-state index in [2.05, 4.69) is 37.1 Å². The van der Waals surface area contributed by atoms with E-state index < -0.39 is 0 Å². The molecule has 1 aliphatic rings. The Morgan fingerprint density at radius 1 is 1.40 bits per heavy atom. The summed E-state index contributed by atoms with van der Waals surface area (Å²) in [4.78, 5) is 2.39. The van der Waals surface area contributed by atoms with Crippen LogP contribution in [-0.2, 0) is 0 Å². The van der Waals surface area contributed by atoms with E-state index in [0.717, 1.165) is 24.3 Å². The number of hydrogen-bond acceptors (Lipinski definition) is 2. The molecular formula is C17H27FN2. The van der Waals surface area contributed by atoms with E-state index in [4.69, 9.17) is 0 Å². The lowest BCUT2D eigenvalue weighted by Gasteiger charge is -2.41. The number of rotatable bonds is 4. The Labute approximate surface area is 122 Å². The van der Waals surface area contributed by atoms with Crippen molar-refractivity contribution in [1.29, 1.82) is 0 Å². The van der Waals surface area contributed by atoms with E-state index in [0.29, 0.717) is 12.0 Å². The zero-order valence-electron chi connectivity index (χ0n) is 13.1. The summed E-state index contributed by atoms with van der Waals surface area (Å²) in [6.07, 6.45) is 2.46. The Kier molecular flexibility index (Phi) is 5.03. The second-order valence-corrected chi connectivity index (χ2v) is 6.01. The normalized spacial score (nSPS) is 24.8. The topological polar surface area (TPSA) is 15.3 Å². The van der Waals surface area contributed by atoms with Crippen LogP contribution < -0.4 is 10.2 Å². The first-order chi connectivity index (χ1) is 9.56. The van der Waals surface area contributed by atoms with Gasteiger partial charge < -0.3 is 10.2 Å². The SMILES string of the molecule is CCNC(C)c1c(F)cccc1N1CCCC(C)C1C. The molecule has 0 bridgehead atoms. The number of nitrogens with zero attached hydrogens (tertiary/aromatic N) is 1. The van der Waals surface area contributed by atoms with Crippen molar-refractivity contribution in [3.8, 4) is 0 Å². The van der Waals surface area contributed by atoms with Gasteiger partial charge in [0.25, 0.3) is 0 Å². The Balaban J connectivity index is 2.37. The van der Waals surface area contributed by atoms with Crippen LogP contribution in [0, 0.1) is 11.7 Å². The van der Waals surface area contributed by atoms with Gasteiger partial charge in [-0.1, -0.05) is 19.9 Å². The summed E-state index contributed by atoms with van der Waals surface area (Å²) in [7, 11) is 0. The number of piperidine rings is 1. The van der Waals surface area contributed by atoms with Gasteiger partial charge in [-0.05, 0) is 51.3 Å². The highest BCUT2D eigenvalue weighted by Gasteiger charge is 2.28. The molecular weight excluding hydrogens is 251 g/mol. The Bertz CT molecular complexity index is 447. The van der Waals surface area contributed by atoms with Crippen LogP contribution >= 0.6 is 0 Å². The zero-order chi connectivity index (χ0) is 14.7. The van der Waals surface area contributed by atoms with Crippen molar-refractivity contribution in [2.45, 2.75) is 52.6 Å². The molecule has 2 rings (SSSR count). The molecule has 3 atom stereocenters. The number of benzene rings is 1. The van der Waals surface area contributed by atoms with Crippen LogP contribution in [0.25, 0.3) is 0 Å². The molecule has 3 unspecified atom stereocenters. The van der Waals surface area contributed by atoms with Crippen molar-refractivity contribution in [1.82, 2.24) is 5.32 Å². The quantitative estimate of drug-likeness (QED) is 0.891. The lowest BCUT2D eigenvalue weighted by atomic mass is 9.90. The van der Waals surface area contributed by atoms with Crippen molar-refractivity contribution >= 4 is 5.69 Å². The lowest BCUT2D eigenvalue weighted by Crippen LogP contribution is -2.43. The van der Waals surface area contributed by atoms with Gasteiger partial charge in [-0.2, -0.15) is 0 Å². The molecule has 112 valence electrons. The molecule has 3 heteroatoms. The van der Waals surface area contributed by atoms with Gasteiger partial charge in [0.05, 0.1) is 0 Å². The molecule has 1 aromatic carbocycles. The van der Waals surface area contributed by atoms with Gasteiger partial charge in [0.2, 0.25) is 0 Å². The fraction of sp³-hybridized carbons (Fsp3) is 0.647. The third-order valence-electron chi connectivity index (χ3n) is 4.66. The Morgan fingerprint density at radius 2 is 2.15 bits per heavy atom. The smallest absolute Gasteiger partial charge is 0.130 e. The highest BCUT2D eigenvalue weighted by Crippen LogP contribution is 2.34. The van der Waals surface area contributed by atoms with Gasteiger partial charge in [-0.15, -0.1) is 0 Å². The minimum atomic E-state index is -0.0959. The predicted molar refractivity (Wildman–Crippen MR) is 83.7 cm³/mol. The molecule has 1 fully saturated rings. The highest BCUT2D eigenvalue weighted by atomic mass is 19.1. The molecule has 1 N–H and O–H groups in total. The summed E-state index contributed by atoms with van der Waals surface area (Å²) in [5.74, 6) is 0.565. The molecule has 0 aliphatic carbocycles. The standard InChI is InChI=1S/C17H27FN2/c1-5-19-13(3)17-15(18)9-6-10-16(17)20-11-7-8-12(2)14(20)4/h6,9-10,12-14,19H,5,7-8,11H2,1-4H3.